The number of hydrogen-bond donors (Lipinski definition) is 0. The predicted octanol–water partition coefficient (Wildman–Crippen LogP) is 6.41. The van der Waals surface area contributed by atoms with Gasteiger partial charge >= 0.3 is 6.18 Å². The van der Waals surface area contributed by atoms with Gasteiger partial charge in [-0.05, 0) is 68.3 Å². The second-order valence-corrected chi connectivity index (χ2v) is 6.65. The van der Waals surface area contributed by atoms with Crippen molar-refractivity contribution < 1.29 is 27.1 Å². The molecule has 0 N–H and O–H groups in total. The second-order valence-electron chi connectivity index (χ2n) is 6.65. The highest BCUT2D eigenvalue weighted by molar-refractivity contribution is 5.65. The topological polar surface area (TPSA) is 44.5 Å². The Kier molecular flexibility index (Phi) is 6.50. The van der Waals surface area contributed by atoms with E-state index in [0.717, 1.165) is 11.1 Å². The van der Waals surface area contributed by atoms with Gasteiger partial charge in [-0.3, -0.25) is 0 Å². The van der Waals surface area contributed by atoms with Crippen molar-refractivity contribution in [2.24, 2.45) is 0 Å². The molecule has 157 valence electrons. The van der Waals surface area contributed by atoms with Crippen LogP contribution >= 0.6 is 0 Å². The van der Waals surface area contributed by atoms with Crippen molar-refractivity contribution in [3.8, 4) is 23.0 Å². The van der Waals surface area contributed by atoms with E-state index in [0.29, 0.717) is 28.7 Å². The Morgan fingerprint density at radius 2 is 1.83 bits per heavy atom. The molecular weight excluding hydrogens is 395 g/mol. The standard InChI is InChI=1S/C23H21F3NO3/c1-4-15(2)18-6-5-7-20(12-18)28-13-21-16(3)30-22(27-21)17-8-10-19(11-9-17)29-14-23(24,25)26/h4-12H,1,13-14H2,2-3H3. The summed E-state index contributed by atoms with van der Waals surface area (Å²) in [4.78, 5) is 4.45. The summed E-state index contributed by atoms with van der Waals surface area (Å²) in [7, 11) is 0. The molecule has 30 heavy (non-hydrogen) atoms. The average Bonchev–Trinajstić information content (AvgIpc) is 3.10. The molecule has 0 saturated heterocycles. The molecule has 0 aliphatic heterocycles. The normalized spacial score (nSPS) is 12.1. The lowest BCUT2D eigenvalue weighted by atomic mass is 10.1. The van der Waals surface area contributed by atoms with Crippen molar-refractivity contribution in [1.29, 1.82) is 0 Å². The third-order valence-electron chi connectivity index (χ3n) is 4.37. The van der Waals surface area contributed by atoms with Gasteiger partial charge in [0.05, 0.1) is 0 Å². The highest BCUT2D eigenvalue weighted by atomic mass is 19.4. The average molecular weight is 416 g/mol. The fourth-order valence-corrected chi connectivity index (χ4v) is 2.65. The SMILES string of the molecule is [CH2]C=C(C)c1cccc(OCc2nc(-c3ccc(OCC(F)(F)F)cc3)oc2C)c1. The van der Waals surface area contributed by atoms with Crippen molar-refractivity contribution >= 4 is 5.57 Å². The summed E-state index contributed by atoms with van der Waals surface area (Å²) in [6.07, 6.45) is -2.60. The summed E-state index contributed by atoms with van der Waals surface area (Å²) < 4.78 is 53.0. The number of ether oxygens (including phenoxy) is 2. The first-order valence-electron chi connectivity index (χ1n) is 9.20. The Labute approximate surface area is 173 Å². The van der Waals surface area contributed by atoms with Gasteiger partial charge in [0, 0.05) is 5.56 Å². The van der Waals surface area contributed by atoms with Crippen molar-refractivity contribution in [2.75, 3.05) is 6.61 Å². The zero-order valence-corrected chi connectivity index (χ0v) is 16.6. The molecular formula is C23H21F3NO3. The van der Waals surface area contributed by atoms with E-state index in [1.807, 2.05) is 31.2 Å². The summed E-state index contributed by atoms with van der Waals surface area (Å²) in [5, 5.41) is 0. The molecule has 0 unspecified atom stereocenters. The van der Waals surface area contributed by atoms with Crippen LogP contribution in [0.4, 0.5) is 13.2 Å². The first kappa shape index (κ1) is 21.5. The highest BCUT2D eigenvalue weighted by Gasteiger charge is 2.28. The van der Waals surface area contributed by atoms with Gasteiger partial charge in [0.2, 0.25) is 5.89 Å². The second kappa shape index (κ2) is 9.07. The van der Waals surface area contributed by atoms with Crippen molar-refractivity contribution in [1.82, 2.24) is 4.98 Å². The number of alkyl halides is 3. The maximum Gasteiger partial charge on any atom is 0.422 e. The van der Waals surface area contributed by atoms with Crippen LogP contribution in [0.25, 0.3) is 17.0 Å². The Hall–Kier alpha value is -3.22. The van der Waals surface area contributed by atoms with Crippen molar-refractivity contribution in [3.05, 3.63) is 78.5 Å². The van der Waals surface area contributed by atoms with Crippen LogP contribution < -0.4 is 9.47 Å². The summed E-state index contributed by atoms with van der Waals surface area (Å²) in [5.74, 6) is 1.78. The lowest BCUT2D eigenvalue weighted by Crippen LogP contribution is -2.19. The van der Waals surface area contributed by atoms with Gasteiger partial charge in [0.1, 0.15) is 29.6 Å². The summed E-state index contributed by atoms with van der Waals surface area (Å²) in [6.45, 7) is 6.41. The smallest absolute Gasteiger partial charge is 0.422 e. The van der Waals surface area contributed by atoms with Gasteiger partial charge in [0.15, 0.2) is 6.61 Å². The van der Waals surface area contributed by atoms with E-state index in [-0.39, 0.29) is 12.4 Å². The Balaban J connectivity index is 1.67. The molecule has 1 aromatic heterocycles. The summed E-state index contributed by atoms with van der Waals surface area (Å²) in [5.41, 5.74) is 3.33. The number of benzene rings is 2. The van der Waals surface area contributed by atoms with Gasteiger partial charge in [-0.15, -0.1) is 0 Å². The summed E-state index contributed by atoms with van der Waals surface area (Å²) >= 11 is 0. The zero-order valence-electron chi connectivity index (χ0n) is 16.6. The number of aryl methyl sites for hydroxylation is 1. The largest absolute Gasteiger partial charge is 0.487 e. The zero-order chi connectivity index (χ0) is 21.7. The van der Waals surface area contributed by atoms with Crippen molar-refractivity contribution in [2.45, 2.75) is 26.6 Å². The van der Waals surface area contributed by atoms with Crippen molar-refractivity contribution in [3.63, 3.8) is 0 Å². The fourth-order valence-electron chi connectivity index (χ4n) is 2.65. The third kappa shape index (κ3) is 5.65. The number of rotatable bonds is 7. The molecule has 4 nitrogen and oxygen atoms in total. The van der Waals surface area contributed by atoms with Crippen LogP contribution in [-0.2, 0) is 6.61 Å². The van der Waals surface area contributed by atoms with E-state index >= 15 is 0 Å². The van der Waals surface area contributed by atoms with E-state index in [2.05, 4.69) is 11.9 Å². The summed E-state index contributed by atoms with van der Waals surface area (Å²) in [6, 6.07) is 13.7. The maximum absolute atomic E-state index is 12.2. The maximum atomic E-state index is 12.2. The monoisotopic (exact) mass is 416 g/mol. The van der Waals surface area contributed by atoms with Crippen LogP contribution in [0.15, 0.2) is 59.0 Å². The minimum atomic E-state index is -4.38. The molecule has 0 aliphatic rings. The number of hydrogen-bond acceptors (Lipinski definition) is 4. The quantitative estimate of drug-likeness (QED) is 0.447. The molecule has 1 heterocycles. The third-order valence-corrected chi connectivity index (χ3v) is 4.37. The number of halogens is 3. The van der Waals surface area contributed by atoms with Gasteiger partial charge in [0.25, 0.3) is 0 Å². The Bertz CT molecular complexity index is 1020. The van der Waals surface area contributed by atoms with Crippen LogP contribution in [0.3, 0.4) is 0 Å². The molecule has 0 bridgehead atoms. The van der Waals surface area contributed by atoms with E-state index in [1.165, 1.54) is 12.1 Å². The van der Waals surface area contributed by atoms with Gasteiger partial charge < -0.3 is 13.9 Å². The molecule has 0 spiro atoms. The lowest BCUT2D eigenvalue weighted by molar-refractivity contribution is -0.153. The molecule has 7 heteroatoms. The van der Waals surface area contributed by atoms with Gasteiger partial charge in [-0.25, -0.2) is 4.98 Å². The fraction of sp³-hybridized carbons (Fsp3) is 0.217. The molecule has 0 atom stereocenters. The molecule has 0 amide bonds. The molecule has 3 aromatic rings. The highest BCUT2D eigenvalue weighted by Crippen LogP contribution is 2.26. The van der Waals surface area contributed by atoms with Crippen LogP contribution in [0, 0.1) is 13.8 Å². The molecule has 0 aliphatic carbocycles. The van der Waals surface area contributed by atoms with E-state index < -0.39 is 12.8 Å². The van der Waals surface area contributed by atoms with Gasteiger partial charge in [-0.2, -0.15) is 13.2 Å². The van der Waals surface area contributed by atoms with Crippen LogP contribution in [0.1, 0.15) is 23.9 Å². The Morgan fingerprint density at radius 1 is 1.10 bits per heavy atom. The molecule has 3 rings (SSSR count). The number of nitrogens with zero attached hydrogens (tertiary/aromatic N) is 1. The minimum Gasteiger partial charge on any atom is -0.487 e. The van der Waals surface area contributed by atoms with E-state index in [1.54, 1.807) is 25.1 Å². The molecule has 1 radical (unpaired) electrons. The van der Waals surface area contributed by atoms with Crippen LogP contribution in [0.5, 0.6) is 11.5 Å². The lowest BCUT2D eigenvalue weighted by Gasteiger charge is -2.08. The van der Waals surface area contributed by atoms with Crippen LogP contribution in [0.2, 0.25) is 0 Å². The number of oxazole rings is 1. The van der Waals surface area contributed by atoms with Crippen LogP contribution in [-0.4, -0.2) is 17.8 Å². The number of aromatic nitrogens is 1. The molecule has 2 aromatic carbocycles. The van der Waals surface area contributed by atoms with E-state index in [4.69, 9.17) is 13.9 Å². The first-order valence-corrected chi connectivity index (χ1v) is 9.20. The van der Waals surface area contributed by atoms with Gasteiger partial charge in [-0.1, -0.05) is 18.2 Å². The Morgan fingerprint density at radius 3 is 2.50 bits per heavy atom. The predicted molar refractivity (Wildman–Crippen MR) is 108 cm³/mol. The number of allylic oxidation sites excluding steroid dienone is 2. The first-order chi connectivity index (χ1) is 14.2. The molecule has 0 fully saturated rings. The molecule has 0 saturated carbocycles. The minimum absolute atomic E-state index is 0.120. The van der Waals surface area contributed by atoms with E-state index in [9.17, 15) is 13.2 Å².